The molecule has 0 unspecified atom stereocenters. The second-order valence-electron chi connectivity index (χ2n) is 6.43. The summed E-state index contributed by atoms with van der Waals surface area (Å²) in [7, 11) is 0. The molecule has 7 heteroatoms. The summed E-state index contributed by atoms with van der Waals surface area (Å²) < 4.78 is 6.08. The molecule has 1 amide bonds. The van der Waals surface area contributed by atoms with Gasteiger partial charge in [0.15, 0.2) is 0 Å². The molecule has 0 aliphatic carbocycles. The van der Waals surface area contributed by atoms with Crippen LogP contribution in [0.25, 0.3) is 10.9 Å². The van der Waals surface area contributed by atoms with Gasteiger partial charge in [-0.15, -0.1) is 0 Å². The van der Waals surface area contributed by atoms with Crippen molar-refractivity contribution in [3.8, 4) is 0 Å². The number of aryl methyl sites for hydroxylation is 1. The number of aromatic nitrogens is 2. The van der Waals surface area contributed by atoms with Crippen LogP contribution in [0.15, 0.2) is 60.8 Å². The number of ketones is 1. The second-order valence-corrected chi connectivity index (χ2v) is 7.67. The highest BCUT2D eigenvalue weighted by atomic mass is 35.5. The fraction of sp³-hybridized carbons (Fsp3) is 0.0952. The monoisotopic (exact) mass is 409 g/mol. The van der Waals surface area contributed by atoms with E-state index >= 15 is 0 Å². The molecule has 2 aromatic carbocycles. The first-order chi connectivity index (χ1) is 13.5. The second kappa shape index (κ2) is 7.58. The molecule has 28 heavy (non-hydrogen) atoms. The molecule has 0 radical (unpaired) electrons. The average Bonchev–Trinajstić information content (AvgIpc) is 3.27. The van der Waals surface area contributed by atoms with Gasteiger partial charge in [0, 0.05) is 28.7 Å². The highest BCUT2D eigenvalue weighted by Gasteiger charge is 2.22. The summed E-state index contributed by atoms with van der Waals surface area (Å²) in [6, 6.07) is 16.8. The Morgan fingerprint density at radius 2 is 1.89 bits per heavy atom. The van der Waals surface area contributed by atoms with Crippen LogP contribution in [0, 0.1) is 6.92 Å². The molecular weight excluding hydrogens is 394 g/mol. The number of para-hydroxylation sites is 1. The summed E-state index contributed by atoms with van der Waals surface area (Å²) in [5.74, 6) is -1.24. The van der Waals surface area contributed by atoms with Gasteiger partial charge in [-0.2, -0.15) is 4.37 Å². The Labute approximate surface area is 170 Å². The zero-order chi connectivity index (χ0) is 19.7. The van der Waals surface area contributed by atoms with Crippen molar-refractivity contribution in [1.29, 1.82) is 0 Å². The van der Waals surface area contributed by atoms with Crippen molar-refractivity contribution in [2.24, 2.45) is 0 Å². The minimum atomic E-state index is -0.668. The van der Waals surface area contributed by atoms with Crippen LogP contribution in [0.4, 0.5) is 5.00 Å². The van der Waals surface area contributed by atoms with E-state index in [0.717, 1.165) is 33.7 Å². The first-order valence-electron chi connectivity index (χ1n) is 8.62. The number of carbonyl (C=O) groups is 2. The molecule has 0 saturated carbocycles. The molecule has 0 bridgehead atoms. The van der Waals surface area contributed by atoms with Gasteiger partial charge in [0.1, 0.15) is 5.00 Å². The highest BCUT2D eigenvalue weighted by Crippen LogP contribution is 2.24. The maximum absolute atomic E-state index is 12.8. The van der Waals surface area contributed by atoms with Crippen molar-refractivity contribution < 1.29 is 9.59 Å². The number of amides is 1. The lowest BCUT2D eigenvalue weighted by atomic mass is 10.1. The molecule has 1 N–H and O–H groups in total. The maximum Gasteiger partial charge on any atom is 0.297 e. The van der Waals surface area contributed by atoms with Crippen molar-refractivity contribution >= 4 is 50.7 Å². The average molecular weight is 410 g/mol. The molecule has 0 spiro atoms. The van der Waals surface area contributed by atoms with Gasteiger partial charge in [0.05, 0.1) is 11.3 Å². The van der Waals surface area contributed by atoms with Gasteiger partial charge in [-0.1, -0.05) is 41.9 Å². The lowest BCUT2D eigenvalue weighted by Gasteiger charge is -2.05. The molecule has 2 heterocycles. The number of hydrogen-bond acceptors (Lipinski definition) is 4. The van der Waals surface area contributed by atoms with Gasteiger partial charge >= 0.3 is 0 Å². The zero-order valence-electron chi connectivity index (χ0n) is 15.0. The molecule has 0 saturated heterocycles. The normalized spacial score (nSPS) is 10.9. The first kappa shape index (κ1) is 18.4. The van der Waals surface area contributed by atoms with Crippen molar-refractivity contribution in [3.05, 3.63) is 82.6 Å². The van der Waals surface area contributed by atoms with E-state index in [0.29, 0.717) is 22.1 Å². The lowest BCUT2D eigenvalue weighted by Crippen LogP contribution is -2.22. The number of carbonyl (C=O) groups excluding carboxylic acids is 2. The van der Waals surface area contributed by atoms with Crippen LogP contribution < -0.4 is 5.32 Å². The summed E-state index contributed by atoms with van der Waals surface area (Å²) in [5, 5.41) is 4.61. The van der Waals surface area contributed by atoms with Crippen LogP contribution in [-0.4, -0.2) is 20.6 Å². The zero-order valence-corrected chi connectivity index (χ0v) is 16.6. The molecule has 0 aliphatic rings. The summed E-state index contributed by atoms with van der Waals surface area (Å²) in [4.78, 5) is 25.3. The Morgan fingerprint density at radius 3 is 2.61 bits per heavy atom. The van der Waals surface area contributed by atoms with E-state index in [9.17, 15) is 9.59 Å². The van der Waals surface area contributed by atoms with Crippen LogP contribution in [0.3, 0.4) is 0 Å². The fourth-order valence-corrected chi connectivity index (χ4v) is 3.84. The van der Waals surface area contributed by atoms with E-state index in [4.69, 9.17) is 11.6 Å². The van der Waals surface area contributed by atoms with Crippen molar-refractivity contribution in [1.82, 2.24) is 8.94 Å². The number of Topliss-reactive ketones (excluding diaryl/α,β-unsaturated/α-hetero) is 1. The number of anilines is 1. The third kappa shape index (κ3) is 3.69. The SMILES string of the molecule is Cc1cc(NC(=O)C(=O)c2cn(Cc3ccc(Cl)cc3)c3ccccc23)sn1. The van der Waals surface area contributed by atoms with Gasteiger partial charge in [-0.25, -0.2) is 0 Å². The molecular formula is C21H16ClN3O2S. The van der Waals surface area contributed by atoms with Crippen LogP contribution in [0.1, 0.15) is 21.6 Å². The van der Waals surface area contributed by atoms with Gasteiger partial charge in [-0.05, 0) is 48.3 Å². The number of nitrogens with one attached hydrogen (secondary N) is 1. The lowest BCUT2D eigenvalue weighted by molar-refractivity contribution is -0.112. The Balaban J connectivity index is 1.66. The molecule has 0 atom stereocenters. The van der Waals surface area contributed by atoms with E-state index in [1.165, 1.54) is 0 Å². The van der Waals surface area contributed by atoms with Crippen molar-refractivity contribution in [2.75, 3.05) is 5.32 Å². The standard InChI is InChI=1S/C21H16ClN3O2S/c1-13-10-19(28-24-13)23-21(27)20(26)17-12-25(18-5-3-2-4-16(17)18)11-14-6-8-15(22)9-7-14/h2-10,12H,11H2,1H3,(H,23,27). The number of fused-ring (bicyclic) bond motifs is 1. The Hall–Kier alpha value is -2.96. The molecule has 4 rings (SSSR count). The van der Waals surface area contributed by atoms with Gasteiger partial charge in [-0.3, -0.25) is 9.59 Å². The summed E-state index contributed by atoms with van der Waals surface area (Å²) in [5.41, 5.74) is 3.12. The number of halogens is 1. The van der Waals surface area contributed by atoms with Gasteiger partial charge < -0.3 is 9.88 Å². The topological polar surface area (TPSA) is 64.0 Å². The minimum Gasteiger partial charge on any atom is -0.342 e. The van der Waals surface area contributed by atoms with Crippen molar-refractivity contribution in [3.63, 3.8) is 0 Å². The van der Waals surface area contributed by atoms with Gasteiger partial charge in [0.25, 0.3) is 11.7 Å². The molecule has 0 aliphatic heterocycles. The first-order valence-corrected chi connectivity index (χ1v) is 9.78. The van der Waals surface area contributed by atoms with E-state index < -0.39 is 11.7 Å². The molecule has 0 fully saturated rings. The third-order valence-electron chi connectivity index (χ3n) is 4.37. The smallest absolute Gasteiger partial charge is 0.297 e. The summed E-state index contributed by atoms with van der Waals surface area (Å²) in [6.07, 6.45) is 1.74. The fourth-order valence-electron chi connectivity index (χ4n) is 3.06. The Morgan fingerprint density at radius 1 is 1.14 bits per heavy atom. The molecule has 4 aromatic rings. The highest BCUT2D eigenvalue weighted by molar-refractivity contribution is 7.10. The summed E-state index contributed by atoms with van der Waals surface area (Å²) >= 11 is 7.11. The number of benzene rings is 2. The van der Waals surface area contributed by atoms with Gasteiger partial charge in [0.2, 0.25) is 0 Å². The van der Waals surface area contributed by atoms with Crippen molar-refractivity contribution in [2.45, 2.75) is 13.5 Å². The predicted octanol–water partition coefficient (Wildman–Crippen LogP) is 4.93. The maximum atomic E-state index is 12.8. The van der Waals surface area contributed by atoms with E-state index in [1.54, 1.807) is 12.3 Å². The number of nitrogens with zero attached hydrogens (tertiary/aromatic N) is 2. The van der Waals surface area contributed by atoms with E-state index in [2.05, 4.69) is 9.69 Å². The van der Waals surface area contributed by atoms with Crippen LogP contribution >= 0.6 is 23.1 Å². The quantitative estimate of drug-likeness (QED) is 0.375. The Bertz CT molecular complexity index is 1180. The van der Waals surface area contributed by atoms with Crippen LogP contribution in [-0.2, 0) is 11.3 Å². The third-order valence-corrected chi connectivity index (χ3v) is 5.42. The van der Waals surface area contributed by atoms with Crippen LogP contribution in [0.2, 0.25) is 5.02 Å². The molecule has 5 nitrogen and oxygen atoms in total. The number of hydrogen-bond donors (Lipinski definition) is 1. The molecule has 2 aromatic heterocycles. The van der Waals surface area contributed by atoms with E-state index in [1.807, 2.05) is 60.0 Å². The number of rotatable bonds is 5. The van der Waals surface area contributed by atoms with E-state index in [-0.39, 0.29) is 0 Å². The van der Waals surface area contributed by atoms with Crippen LogP contribution in [0.5, 0.6) is 0 Å². The largest absolute Gasteiger partial charge is 0.342 e. The Kier molecular flexibility index (Phi) is 4.98. The molecule has 140 valence electrons. The predicted molar refractivity (Wildman–Crippen MR) is 112 cm³/mol. The summed E-state index contributed by atoms with van der Waals surface area (Å²) in [6.45, 7) is 2.40. The minimum absolute atomic E-state index is 0.378.